The summed E-state index contributed by atoms with van der Waals surface area (Å²) < 4.78 is 4.69. The molecule has 0 heterocycles. The summed E-state index contributed by atoms with van der Waals surface area (Å²) in [6, 6.07) is 4.69. The molecule has 1 radical (unpaired) electrons. The fourth-order valence-electron chi connectivity index (χ4n) is 0.773. The Bertz CT molecular complexity index is 249. The molecule has 0 aliphatic carbocycles. The summed E-state index contributed by atoms with van der Waals surface area (Å²) in [5.41, 5.74) is 0.855. The minimum atomic E-state index is 0.118. The van der Waals surface area contributed by atoms with Gasteiger partial charge in [-0.25, -0.2) is 0 Å². The molecule has 1 aromatic carbocycles. The molecule has 0 saturated carbocycles. The van der Waals surface area contributed by atoms with Crippen LogP contribution in [0.15, 0.2) is 18.2 Å². The summed E-state index contributed by atoms with van der Waals surface area (Å²) in [5, 5.41) is 17.3. The van der Waals surface area contributed by atoms with Crippen LogP contribution in [0.2, 0.25) is 0 Å². The van der Waals surface area contributed by atoms with Crippen molar-refractivity contribution in [3.05, 3.63) is 23.8 Å². The maximum absolute atomic E-state index is 8.99. The number of phenolic OH excluding ortho intramolecular Hbond substituents is 1. The Kier molecular flexibility index (Phi) is 2.38. The van der Waals surface area contributed by atoms with Crippen LogP contribution in [-0.2, 0) is 0 Å². The van der Waals surface area contributed by atoms with Crippen molar-refractivity contribution >= 4 is 7.69 Å². The number of rotatable bonds is 2. The molecule has 0 atom stereocenters. The molecule has 0 unspecified atom stereocenters. The minimum absolute atomic E-state index is 0.118. The van der Waals surface area contributed by atoms with Crippen LogP contribution in [0.5, 0.6) is 11.5 Å². The highest BCUT2D eigenvalue weighted by atomic mass is 16.5. The van der Waals surface area contributed by atoms with Crippen LogP contribution in [0.3, 0.4) is 0 Å². The Hall–Kier alpha value is -1.16. The second-order valence-corrected chi connectivity index (χ2v) is 2.17. The molecule has 0 aliphatic rings. The predicted molar refractivity (Wildman–Crippen MR) is 41.4 cm³/mol. The smallest absolute Gasteiger partial charge is 0.537 e. The maximum atomic E-state index is 8.99. The first-order chi connectivity index (χ1) is 5.24. The molecule has 0 amide bonds. The van der Waals surface area contributed by atoms with Crippen molar-refractivity contribution in [1.29, 1.82) is 0 Å². The molecule has 0 fully saturated rings. The zero-order valence-corrected chi connectivity index (χ0v) is 6.11. The number of aryl methyl sites for hydroxylation is 1. The van der Waals surface area contributed by atoms with Gasteiger partial charge in [-0.1, -0.05) is 6.07 Å². The van der Waals surface area contributed by atoms with E-state index in [2.05, 4.69) is 4.65 Å². The molecule has 0 bridgehead atoms. The van der Waals surface area contributed by atoms with Crippen LogP contribution in [0.4, 0.5) is 0 Å². The summed E-state index contributed by atoms with van der Waals surface area (Å²) in [5.74, 6) is 0.569. The number of benzene rings is 1. The summed E-state index contributed by atoms with van der Waals surface area (Å²) in [6.07, 6.45) is 0. The molecular formula is C7H8BO3. The average molecular weight is 151 g/mol. The second kappa shape index (κ2) is 3.30. The second-order valence-electron chi connectivity index (χ2n) is 2.17. The number of hydrogen-bond acceptors (Lipinski definition) is 3. The molecular weight excluding hydrogens is 143 g/mol. The first kappa shape index (κ1) is 7.95. The minimum Gasteiger partial charge on any atom is -0.537 e. The highest BCUT2D eigenvalue weighted by molar-refractivity contribution is 6.17. The van der Waals surface area contributed by atoms with E-state index >= 15 is 0 Å². The van der Waals surface area contributed by atoms with E-state index in [0.717, 1.165) is 5.56 Å². The summed E-state index contributed by atoms with van der Waals surface area (Å²) in [6.45, 7) is 1.82. The van der Waals surface area contributed by atoms with Gasteiger partial charge in [-0.05, 0) is 18.6 Å². The van der Waals surface area contributed by atoms with Gasteiger partial charge in [0.15, 0.2) is 0 Å². The van der Waals surface area contributed by atoms with Crippen molar-refractivity contribution in [3.63, 3.8) is 0 Å². The number of aromatic hydroxyl groups is 1. The van der Waals surface area contributed by atoms with Gasteiger partial charge in [0.2, 0.25) is 0 Å². The fourth-order valence-corrected chi connectivity index (χ4v) is 0.773. The molecule has 0 aliphatic heterocycles. The Morgan fingerprint density at radius 2 is 2.18 bits per heavy atom. The highest BCUT2D eigenvalue weighted by Crippen LogP contribution is 2.22. The van der Waals surface area contributed by atoms with E-state index in [0.29, 0.717) is 13.4 Å². The van der Waals surface area contributed by atoms with E-state index in [9.17, 15) is 0 Å². The molecule has 0 spiro atoms. The lowest BCUT2D eigenvalue weighted by molar-refractivity contribution is 0.442. The Morgan fingerprint density at radius 1 is 1.45 bits per heavy atom. The van der Waals surface area contributed by atoms with Crippen LogP contribution in [0, 0.1) is 6.92 Å². The third-order valence-corrected chi connectivity index (χ3v) is 1.35. The maximum Gasteiger partial charge on any atom is 0.569 e. The molecule has 1 rings (SSSR count). The van der Waals surface area contributed by atoms with Gasteiger partial charge in [-0.15, -0.1) is 0 Å². The zero-order valence-electron chi connectivity index (χ0n) is 6.11. The SMILES string of the molecule is Cc1ccc(O)cc1O[B]O. The van der Waals surface area contributed by atoms with Gasteiger partial charge in [-0.3, -0.25) is 0 Å². The topological polar surface area (TPSA) is 49.7 Å². The predicted octanol–water partition coefficient (Wildman–Crippen LogP) is 0.606. The van der Waals surface area contributed by atoms with Gasteiger partial charge in [0.25, 0.3) is 0 Å². The quantitative estimate of drug-likeness (QED) is 0.608. The lowest BCUT2D eigenvalue weighted by Gasteiger charge is -2.04. The third-order valence-electron chi connectivity index (χ3n) is 1.35. The molecule has 2 N–H and O–H groups in total. The van der Waals surface area contributed by atoms with Crippen molar-refractivity contribution in [2.45, 2.75) is 6.92 Å². The first-order valence-corrected chi connectivity index (χ1v) is 3.16. The Balaban J connectivity index is 2.93. The van der Waals surface area contributed by atoms with Crippen LogP contribution in [0.25, 0.3) is 0 Å². The first-order valence-electron chi connectivity index (χ1n) is 3.16. The van der Waals surface area contributed by atoms with E-state index in [1.54, 1.807) is 12.1 Å². The molecule has 0 aromatic heterocycles. The van der Waals surface area contributed by atoms with Crippen LogP contribution >= 0.6 is 0 Å². The van der Waals surface area contributed by atoms with Gasteiger partial charge < -0.3 is 14.8 Å². The highest BCUT2D eigenvalue weighted by Gasteiger charge is 1.99. The van der Waals surface area contributed by atoms with Gasteiger partial charge in [0.1, 0.15) is 11.5 Å². The van der Waals surface area contributed by atoms with E-state index in [1.165, 1.54) is 6.07 Å². The molecule has 57 valence electrons. The molecule has 3 nitrogen and oxygen atoms in total. The van der Waals surface area contributed by atoms with Crippen LogP contribution in [0.1, 0.15) is 5.56 Å². The zero-order chi connectivity index (χ0) is 8.27. The number of phenols is 1. The Labute approximate surface area is 65.6 Å². The summed E-state index contributed by atoms with van der Waals surface area (Å²) in [7, 11) is 0.585. The van der Waals surface area contributed by atoms with Crippen molar-refractivity contribution in [1.82, 2.24) is 0 Å². The molecule has 0 saturated heterocycles. The third kappa shape index (κ3) is 1.88. The molecule has 11 heavy (non-hydrogen) atoms. The van der Waals surface area contributed by atoms with Gasteiger partial charge in [-0.2, -0.15) is 0 Å². The van der Waals surface area contributed by atoms with Crippen molar-refractivity contribution in [3.8, 4) is 11.5 Å². The van der Waals surface area contributed by atoms with E-state index in [-0.39, 0.29) is 5.75 Å². The van der Waals surface area contributed by atoms with Crippen molar-refractivity contribution in [2.75, 3.05) is 0 Å². The normalized spacial score (nSPS) is 9.27. The number of hydrogen-bond donors (Lipinski definition) is 2. The summed E-state index contributed by atoms with van der Waals surface area (Å²) in [4.78, 5) is 0. The molecule has 4 heteroatoms. The standard InChI is InChI=1S/C7H8BO3/c1-5-2-3-6(9)4-7(5)11-8-10/h2-4,9-10H,1H3. The molecule has 1 aromatic rings. The van der Waals surface area contributed by atoms with E-state index in [1.807, 2.05) is 6.92 Å². The van der Waals surface area contributed by atoms with E-state index in [4.69, 9.17) is 10.1 Å². The van der Waals surface area contributed by atoms with E-state index < -0.39 is 0 Å². The lowest BCUT2D eigenvalue weighted by Crippen LogP contribution is -2.00. The largest absolute Gasteiger partial charge is 0.569 e. The summed E-state index contributed by atoms with van der Waals surface area (Å²) >= 11 is 0. The average Bonchev–Trinajstić information content (AvgIpc) is 1.98. The van der Waals surface area contributed by atoms with Crippen molar-refractivity contribution in [2.24, 2.45) is 0 Å². The Morgan fingerprint density at radius 3 is 2.82 bits per heavy atom. The van der Waals surface area contributed by atoms with Crippen LogP contribution < -0.4 is 4.65 Å². The van der Waals surface area contributed by atoms with Gasteiger partial charge >= 0.3 is 7.69 Å². The van der Waals surface area contributed by atoms with Gasteiger partial charge in [0, 0.05) is 6.07 Å². The monoisotopic (exact) mass is 151 g/mol. The van der Waals surface area contributed by atoms with Crippen LogP contribution in [-0.4, -0.2) is 17.8 Å². The fraction of sp³-hybridized carbons (Fsp3) is 0.143. The van der Waals surface area contributed by atoms with Gasteiger partial charge in [0.05, 0.1) is 0 Å². The lowest BCUT2D eigenvalue weighted by atomic mass is 10.2. The van der Waals surface area contributed by atoms with Crippen molar-refractivity contribution < 1.29 is 14.8 Å².